The van der Waals surface area contributed by atoms with E-state index in [1.54, 1.807) is 24.4 Å². The summed E-state index contributed by atoms with van der Waals surface area (Å²) in [6.07, 6.45) is 2.65. The van der Waals surface area contributed by atoms with Crippen LogP contribution in [0.15, 0.2) is 84.1 Å². The lowest BCUT2D eigenvalue weighted by Crippen LogP contribution is -2.24. The van der Waals surface area contributed by atoms with E-state index in [9.17, 15) is 13.2 Å². The van der Waals surface area contributed by atoms with Crippen LogP contribution in [0.3, 0.4) is 0 Å². The van der Waals surface area contributed by atoms with E-state index in [4.69, 9.17) is 4.74 Å². The number of hydrogen-bond acceptors (Lipinski definition) is 5. The number of sulfone groups is 1. The van der Waals surface area contributed by atoms with E-state index in [0.29, 0.717) is 18.7 Å². The molecule has 32 heavy (non-hydrogen) atoms. The summed E-state index contributed by atoms with van der Waals surface area (Å²) in [6, 6.07) is 22.7. The second-order valence-corrected chi connectivity index (χ2v) is 9.31. The molecule has 0 unspecified atom stereocenters. The van der Waals surface area contributed by atoms with E-state index in [1.165, 1.54) is 4.40 Å². The summed E-state index contributed by atoms with van der Waals surface area (Å²) in [5, 5.41) is 2.70. The van der Waals surface area contributed by atoms with Crippen LogP contribution in [-0.2, 0) is 34.3 Å². The van der Waals surface area contributed by atoms with Gasteiger partial charge in [0.25, 0.3) is 5.91 Å². The smallest absolute Gasteiger partial charge is 0.272 e. The molecule has 2 aromatic carbocycles. The van der Waals surface area contributed by atoms with E-state index in [1.807, 2.05) is 54.6 Å². The molecule has 1 amide bonds. The Morgan fingerprint density at radius 3 is 2.38 bits per heavy atom. The predicted octanol–water partition coefficient (Wildman–Crippen LogP) is 3.38. The number of carbonyl (C=O) groups is 1. The number of ether oxygens (including phenoxy) is 1. The van der Waals surface area contributed by atoms with Crippen molar-refractivity contribution < 1.29 is 17.9 Å². The molecular formula is C24H23N3O4S. The van der Waals surface area contributed by atoms with Crippen LogP contribution in [-0.4, -0.2) is 30.0 Å². The van der Waals surface area contributed by atoms with Crippen molar-refractivity contribution >= 4 is 21.3 Å². The molecular weight excluding hydrogens is 426 g/mol. The lowest BCUT2D eigenvalue weighted by atomic mass is 10.1. The average molecular weight is 450 g/mol. The van der Waals surface area contributed by atoms with Crippen LogP contribution in [0, 0.1) is 0 Å². The number of nitrogens with zero attached hydrogens (tertiary/aromatic N) is 2. The van der Waals surface area contributed by atoms with Crippen LogP contribution >= 0.6 is 0 Å². The quantitative estimate of drug-likeness (QED) is 0.445. The van der Waals surface area contributed by atoms with E-state index in [2.05, 4.69) is 10.3 Å². The van der Waals surface area contributed by atoms with E-state index < -0.39 is 15.7 Å². The summed E-state index contributed by atoms with van der Waals surface area (Å²) in [7, 11) is -3.59. The molecule has 0 saturated carbocycles. The van der Waals surface area contributed by atoms with Crippen molar-refractivity contribution in [1.29, 1.82) is 0 Å². The molecule has 8 heteroatoms. The predicted molar refractivity (Wildman–Crippen MR) is 121 cm³/mol. The lowest BCUT2D eigenvalue weighted by molar-refractivity contribution is 0.0944. The van der Waals surface area contributed by atoms with Crippen LogP contribution in [0.4, 0.5) is 0 Å². The zero-order chi connectivity index (χ0) is 22.6. The van der Waals surface area contributed by atoms with Crippen molar-refractivity contribution in [2.45, 2.75) is 24.9 Å². The minimum atomic E-state index is -3.59. The maximum atomic E-state index is 12.9. The Labute approximate surface area is 186 Å². The van der Waals surface area contributed by atoms with Gasteiger partial charge < -0.3 is 10.1 Å². The molecule has 4 rings (SSSR count). The second kappa shape index (κ2) is 9.33. The Bertz CT molecular complexity index is 1350. The molecule has 0 fully saturated rings. The molecule has 0 atom stereocenters. The lowest BCUT2D eigenvalue weighted by Gasteiger charge is -2.11. The zero-order valence-corrected chi connectivity index (χ0v) is 18.4. The van der Waals surface area contributed by atoms with Crippen LogP contribution in [0.5, 0.6) is 0 Å². The maximum Gasteiger partial charge on any atom is 0.272 e. The Morgan fingerprint density at radius 2 is 1.62 bits per heavy atom. The summed E-state index contributed by atoms with van der Waals surface area (Å²) in [6.45, 7) is 1.17. The van der Waals surface area contributed by atoms with Crippen molar-refractivity contribution in [2.24, 2.45) is 0 Å². The van der Waals surface area contributed by atoms with Crippen LogP contribution in [0.1, 0.15) is 27.2 Å². The van der Waals surface area contributed by atoms with Gasteiger partial charge in [-0.1, -0.05) is 60.7 Å². The third-order valence-electron chi connectivity index (χ3n) is 4.99. The fourth-order valence-corrected chi connectivity index (χ4v) is 4.20. The van der Waals surface area contributed by atoms with Crippen molar-refractivity contribution in [3.8, 4) is 0 Å². The van der Waals surface area contributed by atoms with Crippen LogP contribution in [0.2, 0.25) is 0 Å². The van der Waals surface area contributed by atoms with Gasteiger partial charge in [0.1, 0.15) is 0 Å². The van der Waals surface area contributed by atoms with Crippen molar-refractivity contribution in [3.05, 3.63) is 101 Å². The van der Waals surface area contributed by atoms with Gasteiger partial charge >= 0.3 is 0 Å². The molecule has 2 heterocycles. The van der Waals surface area contributed by atoms with Gasteiger partial charge in [-0.2, -0.15) is 0 Å². The number of amides is 1. The largest absolute Gasteiger partial charge is 0.372 e. The molecule has 2 aromatic heterocycles. The van der Waals surface area contributed by atoms with Gasteiger partial charge in [0, 0.05) is 19.0 Å². The molecule has 0 radical (unpaired) electrons. The van der Waals surface area contributed by atoms with Crippen LogP contribution < -0.4 is 5.32 Å². The summed E-state index contributed by atoms with van der Waals surface area (Å²) in [5.41, 5.74) is 3.48. The second-order valence-electron chi connectivity index (χ2n) is 7.40. The number of fused-ring (bicyclic) bond motifs is 1. The Morgan fingerprint density at radius 1 is 0.938 bits per heavy atom. The number of imidazole rings is 1. The monoisotopic (exact) mass is 449 g/mol. The van der Waals surface area contributed by atoms with Gasteiger partial charge in [-0.3, -0.25) is 9.20 Å². The summed E-state index contributed by atoms with van der Waals surface area (Å²) in [4.78, 5) is 17.0. The molecule has 4 aromatic rings. The number of benzene rings is 2. The van der Waals surface area contributed by atoms with Gasteiger partial charge in [0.2, 0.25) is 15.0 Å². The molecule has 0 aliphatic heterocycles. The molecule has 0 aliphatic rings. The molecule has 1 N–H and O–H groups in total. The molecule has 0 spiro atoms. The van der Waals surface area contributed by atoms with Crippen molar-refractivity contribution in [3.63, 3.8) is 0 Å². The number of pyridine rings is 1. The van der Waals surface area contributed by atoms with Crippen LogP contribution in [0.25, 0.3) is 5.52 Å². The first-order chi connectivity index (χ1) is 15.4. The Hall–Kier alpha value is -3.49. The zero-order valence-electron chi connectivity index (χ0n) is 17.6. The van der Waals surface area contributed by atoms with Gasteiger partial charge in [0.15, 0.2) is 5.69 Å². The SMILES string of the molecule is CS(=O)(=O)c1nc(C(=O)NCc2ccccc2COCc2ccccc2)c2ccccn12. The third kappa shape index (κ3) is 4.87. The fraction of sp³-hybridized carbons (Fsp3) is 0.167. The third-order valence-corrected chi connectivity index (χ3v) is 5.94. The number of aromatic nitrogens is 2. The fourth-order valence-electron chi connectivity index (χ4n) is 3.42. The van der Waals surface area contributed by atoms with Gasteiger partial charge in [-0.05, 0) is 28.8 Å². The Balaban J connectivity index is 1.47. The first-order valence-corrected chi connectivity index (χ1v) is 12.0. The van der Waals surface area contributed by atoms with E-state index in [-0.39, 0.29) is 17.4 Å². The minimum Gasteiger partial charge on any atom is -0.372 e. The van der Waals surface area contributed by atoms with Crippen molar-refractivity contribution in [2.75, 3.05) is 6.26 Å². The van der Waals surface area contributed by atoms with Crippen molar-refractivity contribution in [1.82, 2.24) is 14.7 Å². The topological polar surface area (TPSA) is 89.8 Å². The molecule has 164 valence electrons. The Kier molecular flexibility index (Phi) is 6.34. The van der Waals surface area contributed by atoms with Gasteiger partial charge in [0.05, 0.1) is 18.7 Å². The van der Waals surface area contributed by atoms with E-state index >= 15 is 0 Å². The normalized spacial score (nSPS) is 11.5. The minimum absolute atomic E-state index is 0.0730. The molecule has 7 nitrogen and oxygen atoms in total. The number of hydrogen-bond donors (Lipinski definition) is 1. The molecule has 0 bridgehead atoms. The first kappa shape index (κ1) is 21.7. The maximum absolute atomic E-state index is 12.9. The standard InChI is InChI=1S/C24H23N3O4S/c1-32(29,30)24-26-22(21-13-7-8-14-27(21)24)23(28)25-15-19-11-5-6-12-20(19)17-31-16-18-9-3-2-4-10-18/h2-14H,15-17H2,1H3,(H,25,28). The highest BCUT2D eigenvalue weighted by Crippen LogP contribution is 2.18. The summed E-state index contributed by atoms with van der Waals surface area (Å²) >= 11 is 0. The highest BCUT2D eigenvalue weighted by molar-refractivity contribution is 7.90. The number of rotatable bonds is 8. The van der Waals surface area contributed by atoms with E-state index in [0.717, 1.165) is 22.9 Å². The summed E-state index contributed by atoms with van der Waals surface area (Å²) < 4.78 is 31.4. The molecule has 0 saturated heterocycles. The van der Waals surface area contributed by atoms with Gasteiger partial charge in [-0.25, -0.2) is 13.4 Å². The highest BCUT2D eigenvalue weighted by atomic mass is 32.2. The highest BCUT2D eigenvalue weighted by Gasteiger charge is 2.22. The average Bonchev–Trinajstić information content (AvgIpc) is 3.19. The number of nitrogens with one attached hydrogen (secondary N) is 1. The summed E-state index contributed by atoms with van der Waals surface area (Å²) in [5.74, 6) is -0.441. The molecule has 0 aliphatic carbocycles. The van der Waals surface area contributed by atoms with Gasteiger partial charge in [-0.15, -0.1) is 0 Å². The first-order valence-electron chi connectivity index (χ1n) is 10.1. The number of carbonyl (C=O) groups excluding carboxylic acids is 1.